The maximum Gasteiger partial charge on any atom is 0.421 e. The second-order valence-electron chi connectivity index (χ2n) is 3.84. The summed E-state index contributed by atoms with van der Waals surface area (Å²) >= 11 is 0. The molecule has 1 aromatic rings. The lowest BCUT2D eigenvalue weighted by Crippen LogP contribution is -2.17. The van der Waals surface area contributed by atoms with E-state index in [-0.39, 0.29) is 6.09 Å². The Morgan fingerprint density at radius 1 is 1.33 bits per heavy atom. The van der Waals surface area contributed by atoms with Gasteiger partial charge in [-0.3, -0.25) is 0 Å². The first-order valence-corrected chi connectivity index (χ1v) is 5.91. The Labute approximate surface area is 106 Å². The Morgan fingerprint density at radius 2 is 2.17 bits per heavy atom. The summed E-state index contributed by atoms with van der Waals surface area (Å²) < 4.78 is 10.2. The molecule has 0 bridgehead atoms. The number of carbonyl (C=O) groups is 1. The number of ether oxygens (including phenoxy) is 2. The Morgan fingerprint density at radius 3 is 2.89 bits per heavy atom. The molecule has 0 unspecified atom stereocenters. The Balaban J connectivity index is 1.62. The van der Waals surface area contributed by atoms with Crippen molar-refractivity contribution >= 4 is 6.09 Å². The van der Waals surface area contributed by atoms with E-state index in [1.54, 1.807) is 0 Å². The first kappa shape index (κ1) is 12.5. The van der Waals surface area contributed by atoms with Crippen molar-refractivity contribution in [3.63, 3.8) is 0 Å². The van der Waals surface area contributed by atoms with Gasteiger partial charge < -0.3 is 9.47 Å². The van der Waals surface area contributed by atoms with Gasteiger partial charge in [-0.2, -0.15) is 0 Å². The molecule has 94 valence electrons. The molecule has 1 heterocycles. The van der Waals surface area contributed by atoms with E-state index in [0.29, 0.717) is 32.8 Å². The Bertz CT molecular complexity index is 447. The fourth-order valence-corrected chi connectivity index (χ4v) is 1.53. The lowest BCUT2D eigenvalue weighted by Gasteiger charge is -2.02. The van der Waals surface area contributed by atoms with Crippen LogP contribution >= 0.6 is 0 Å². The van der Waals surface area contributed by atoms with Gasteiger partial charge >= 0.3 is 6.09 Å². The van der Waals surface area contributed by atoms with Gasteiger partial charge in [0.15, 0.2) is 0 Å². The summed E-state index contributed by atoms with van der Waals surface area (Å²) in [5.74, 6) is 2.89. The number of cyclic esters (lactones) is 1. The molecule has 1 aliphatic heterocycles. The van der Waals surface area contributed by atoms with Crippen LogP contribution in [-0.4, -0.2) is 30.8 Å². The quantitative estimate of drug-likeness (QED) is 0.601. The van der Waals surface area contributed by atoms with Gasteiger partial charge in [0.2, 0.25) is 0 Å². The summed E-state index contributed by atoms with van der Waals surface area (Å²) in [6, 6.07) is 12.7. The van der Waals surface area contributed by atoms with Crippen LogP contribution in [0.15, 0.2) is 30.3 Å². The van der Waals surface area contributed by atoms with Crippen molar-refractivity contribution < 1.29 is 14.3 Å². The minimum absolute atomic E-state index is 0.354. The molecule has 1 fully saturated rings. The SMILES string of the molecule is O=C1OCCN1C#CCCOCc1ccccc1. The van der Waals surface area contributed by atoms with Gasteiger partial charge in [0.05, 0.1) is 19.8 Å². The summed E-state index contributed by atoms with van der Waals surface area (Å²) in [7, 11) is 0. The molecule has 0 aromatic heterocycles. The zero-order chi connectivity index (χ0) is 12.6. The molecule has 18 heavy (non-hydrogen) atoms. The highest BCUT2D eigenvalue weighted by molar-refractivity contribution is 5.71. The molecule has 1 amide bonds. The fraction of sp³-hybridized carbons (Fsp3) is 0.357. The smallest absolute Gasteiger partial charge is 0.421 e. The second-order valence-corrected chi connectivity index (χ2v) is 3.84. The van der Waals surface area contributed by atoms with Gasteiger partial charge in [-0.1, -0.05) is 36.3 Å². The lowest BCUT2D eigenvalue weighted by atomic mass is 10.2. The average Bonchev–Trinajstić information content (AvgIpc) is 2.81. The first-order valence-electron chi connectivity index (χ1n) is 5.91. The second kappa shape index (κ2) is 6.67. The van der Waals surface area contributed by atoms with E-state index >= 15 is 0 Å². The number of nitrogens with zero attached hydrogens (tertiary/aromatic N) is 1. The van der Waals surface area contributed by atoms with Crippen molar-refractivity contribution in [2.24, 2.45) is 0 Å². The van der Waals surface area contributed by atoms with Crippen LogP contribution in [0.2, 0.25) is 0 Å². The van der Waals surface area contributed by atoms with E-state index in [9.17, 15) is 4.79 Å². The number of hydrogen-bond acceptors (Lipinski definition) is 3. The molecular weight excluding hydrogens is 230 g/mol. The molecule has 1 aromatic carbocycles. The van der Waals surface area contributed by atoms with E-state index in [1.807, 2.05) is 30.3 Å². The molecule has 4 heteroatoms. The molecule has 0 radical (unpaired) electrons. The van der Waals surface area contributed by atoms with Gasteiger partial charge in [-0.05, 0) is 5.56 Å². The highest BCUT2D eigenvalue weighted by atomic mass is 16.6. The molecule has 1 saturated heterocycles. The van der Waals surface area contributed by atoms with Crippen molar-refractivity contribution in [3.8, 4) is 12.0 Å². The largest absolute Gasteiger partial charge is 0.447 e. The standard InChI is InChI=1S/C14H15NO3/c16-14-15(9-11-18-14)8-4-5-10-17-12-13-6-2-1-3-7-13/h1-3,6-7H,5,9-12H2. The van der Waals surface area contributed by atoms with Crippen molar-refractivity contribution in [3.05, 3.63) is 35.9 Å². The number of carbonyl (C=O) groups excluding carboxylic acids is 1. The van der Waals surface area contributed by atoms with Crippen LogP contribution < -0.4 is 0 Å². The summed E-state index contributed by atoms with van der Waals surface area (Å²) in [6.07, 6.45) is 0.254. The minimum Gasteiger partial charge on any atom is -0.447 e. The van der Waals surface area contributed by atoms with Crippen LogP contribution in [0, 0.1) is 12.0 Å². The van der Waals surface area contributed by atoms with E-state index in [1.165, 1.54) is 4.90 Å². The monoisotopic (exact) mass is 245 g/mol. The number of hydrogen-bond donors (Lipinski definition) is 0. The topological polar surface area (TPSA) is 38.8 Å². The highest BCUT2D eigenvalue weighted by Gasteiger charge is 2.19. The van der Waals surface area contributed by atoms with Crippen LogP contribution in [0.4, 0.5) is 4.79 Å². The highest BCUT2D eigenvalue weighted by Crippen LogP contribution is 2.01. The predicted molar refractivity (Wildman–Crippen MR) is 66.5 cm³/mol. The third-order valence-corrected chi connectivity index (χ3v) is 2.46. The molecule has 2 rings (SSSR count). The van der Waals surface area contributed by atoms with Gasteiger partial charge in [0, 0.05) is 12.5 Å². The number of benzene rings is 1. The normalized spacial score (nSPS) is 14.0. The molecule has 0 saturated carbocycles. The van der Waals surface area contributed by atoms with Crippen molar-refractivity contribution in [2.45, 2.75) is 13.0 Å². The summed E-state index contributed by atoms with van der Waals surface area (Å²) in [4.78, 5) is 12.4. The van der Waals surface area contributed by atoms with Crippen molar-refractivity contribution in [2.75, 3.05) is 19.8 Å². The number of rotatable bonds is 4. The Hall–Kier alpha value is -1.99. The van der Waals surface area contributed by atoms with Gasteiger partial charge in [-0.15, -0.1) is 0 Å². The van der Waals surface area contributed by atoms with E-state index in [2.05, 4.69) is 12.0 Å². The molecule has 0 N–H and O–H groups in total. The van der Waals surface area contributed by atoms with Gasteiger partial charge in [0.25, 0.3) is 0 Å². The zero-order valence-corrected chi connectivity index (χ0v) is 10.1. The molecule has 0 aliphatic carbocycles. The van der Waals surface area contributed by atoms with Crippen molar-refractivity contribution in [1.82, 2.24) is 4.90 Å². The van der Waals surface area contributed by atoms with E-state index in [0.717, 1.165) is 5.56 Å². The summed E-state index contributed by atoms with van der Waals surface area (Å²) in [6.45, 7) is 2.13. The van der Waals surface area contributed by atoms with E-state index in [4.69, 9.17) is 9.47 Å². The molecule has 1 aliphatic rings. The lowest BCUT2D eigenvalue weighted by molar-refractivity contribution is 0.126. The van der Waals surface area contributed by atoms with Crippen LogP contribution in [0.3, 0.4) is 0 Å². The molecule has 4 nitrogen and oxygen atoms in total. The van der Waals surface area contributed by atoms with Crippen LogP contribution in [0.5, 0.6) is 0 Å². The molecular formula is C14H15NO3. The van der Waals surface area contributed by atoms with Crippen LogP contribution in [0.25, 0.3) is 0 Å². The maximum atomic E-state index is 11.0. The summed E-state index contributed by atoms with van der Waals surface area (Å²) in [5.41, 5.74) is 1.15. The number of amides is 1. The van der Waals surface area contributed by atoms with Crippen LogP contribution in [0.1, 0.15) is 12.0 Å². The van der Waals surface area contributed by atoms with Gasteiger partial charge in [0.1, 0.15) is 6.61 Å². The molecule has 0 atom stereocenters. The summed E-state index contributed by atoms with van der Waals surface area (Å²) in [5, 5.41) is 0. The van der Waals surface area contributed by atoms with Gasteiger partial charge in [-0.25, -0.2) is 9.69 Å². The average molecular weight is 245 g/mol. The minimum atomic E-state index is -0.354. The molecule has 0 spiro atoms. The first-order chi connectivity index (χ1) is 8.86. The van der Waals surface area contributed by atoms with E-state index < -0.39 is 0 Å². The third-order valence-electron chi connectivity index (χ3n) is 2.46. The Kier molecular flexibility index (Phi) is 4.62. The van der Waals surface area contributed by atoms with Crippen LogP contribution in [-0.2, 0) is 16.1 Å². The maximum absolute atomic E-state index is 11.0. The predicted octanol–water partition coefficient (Wildman–Crippen LogP) is 2.01. The third kappa shape index (κ3) is 3.79. The fourth-order valence-electron chi connectivity index (χ4n) is 1.53. The zero-order valence-electron chi connectivity index (χ0n) is 10.1. The van der Waals surface area contributed by atoms with Crippen molar-refractivity contribution in [1.29, 1.82) is 0 Å².